The quantitative estimate of drug-likeness (QED) is 0.793. The summed E-state index contributed by atoms with van der Waals surface area (Å²) in [6, 6.07) is 0.289. The standard InChI is InChI=1S/C10H20N6/c1-6(2)7(3)12-9-13-8(11)14-10(15-9)16(4)5/h6-7H,1-5H3,(H3,11,12,13,14,15). The van der Waals surface area contributed by atoms with Gasteiger partial charge in [0.1, 0.15) is 0 Å². The van der Waals surface area contributed by atoms with E-state index in [1.165, 1.54) is 0 Å². The van der Waals surface area contributed by atoms with Gasteiger partial charge in [0.2, 0.25) is 17.8 Å². The van der Waals surface area contributed by atoms with E-state index in [0.29, 0.717) is 17.8 Å². The van der Waals surface area contributed by atoms with Crippen molar-refractivity contribution < 1.29 is 0 Å². The van der Waals surface area contributed by atoms with Gasteiger partial charge in [-0.1, -0.05) is 13.8 Å². The molecule has 1 aromatic rings. The molecule has 1 atom stereocenters. The summed E-state index contributed by atoms with van der Waals surface area (Å²) in [6.07, 6.45) is 0. The molecule has 0 fully saturated rings. The molecule has 1 heterocycles. The van der Waals surface area contributed by atoms with E-state index in [4.69, 9.17) is 5.73 Å². The lowest BCUT2D eigenvalue weighted by atomic mass is 10.1. The molecule has 0 aliphatic carbocycles. The molecule has 3 N–H and O–H groups in total. The second kappa shape index (κ2) is 4.96. The average molecular weight is 224 g/mol. The van der Waals surface area contributed by atoms with Crippen LogP contribution in [0.5, 0.6) is 0 Å². The van der Waals surface area contributed by atoms with Gasteiger partial charge in [-0.2, -0.15) is 15.0 Å². The fourth-order valence-electron chi connectivity index (χ4n) is 1.02. The summed E-state index contributed by atoms with van der Waals surface area (Å²) in [7, 11) is 3.73. The summed E-state index contributed by atoms with van der Waals surface area (Å²) >= 11 is 0. The Labute approximate surface area is 96.3 Å². The molecule has 1 unspecified atom stereocenters. The van der Waals surface area contributed by atoms with Gasteiger partial charge in [-0.15, -0.1) is 0 Å². The average Bonchev–Trinajstić information content (AvgIpc) is 2.16. The zero-order chi connectivity index (χ0) is 12.3. The second-order valence-electron chi connectivity index (χ2n) is 4.39. The maximum Gasteiger partial charge on any atom is 0.231 e. The minimum Gasteiger partial charge on any atom is -0.368 e. The molecule has 0 spiro atoms. The van der Waals surface area contributed by atoms with Crippen LogP contribution in [0, 0.1) is 5.92 Å². The highest BCUT2D eigenvalue weighted by atomic mass is 15.3. The van der Waals surface area contributed by atoms with Crippen LogP contribution >= 0.6 is 0 Å². The SMILES string of the molecule is CC(C)C(C)Nc1nc(N)nc(N(C)C)n1. The molecule has 1 rings (SSSR count). The van der Waals surface area contributed by atoms with Crippen LogP contribution in [0.25, 0.3) is 0 Å². The number of anilines is 3. The van der Waals surface area contributed by atoms with E-state index in [-0.39, 0.29) is 12.0 Å². The van der Waals surface area contributed by atoms with Crippen LogP contribution in [0.4, 0.5) is 17.8 Å². The van der Waals surface area contributed by atoms with Crippen molar-refractivity contribution in [3.05, 3.63) is 0 Å². The number of hydrogen-bond acceptors (Lipinski definition) is 6. The van der Waals surface area contributed by atoms with Crippen molar-refractivity contribution in [3.8, 4) is 0 Å². The van der Waals surface area contributed by atoms with Crippen molar-refractivity contribution in [1.29, 1.82) is 0 Å². The normalized spacial score (nSPS) is 12.6. The predicted octanol–water partition coefficient (Wildman–Crippen LogP) is 0.976. The maximum atomic E-state index is 5.62. The summed E-state index contributed by atoms with van der Waals surface area (Å²) in [6.45, 7) is 6.35. The minimum absolute atomic E-state index is 0.233. The van der Waals surface area contributed by atoms with Gasteiger partial charge >= 0.3 is 0 Å². The van der Waals surface area contributed by atoms with Crippen LogP contribution in [0.2, 0.25) is 0 Å². The first-order valence-electron chi connectivity index (χ1n) is 5.35. The van der Waals surface area contributed by atoms with E-state index in [2.05, 4.69) is 41.0 Å². The predicted molar refractivity (Wildman–Crippen MR) is 66.5 cm³/mol. The lowest BCUT2D eigenvalue weighted by Gasteiger charge is -2.18. The molecular weight excluding hydrogens is 204 g/mol. The van der Waals surface area contributed by atoms with E-state index < -0.39 is 0 Å². The highest BCUT2D eigenvalue weighted by molar-refractivity contribution is 5.41. The number of rotatable bonds is 4. The molecule has 90 valence electrons. The van der Waals surface area contributed by atoms with Gasteiger partial charge in [0.25, 0.3) is 0 Å². The lowest BCUT2D eigenvalue weighted by molar-refractivity contribution is 0.556. The fourth-order valence-corrected chi connectivity index (χ4v) is 1.02. The molecule has 0 saturated heterocycles. The van der Waals surface area contributed by atoms with Crippen molar-refractivity contribution in [3.63, 3.8) is 0 Å². The molecule has 0 aliphatic rings. The zero-order valence-electron chi connectivity index (χ0n) is 10.5. The topological polar surface area (TPSA) is 80.0 Å². The van der Waals surface area contributed by atoms with Gasteiger partial charge in [-0.3, -0.25) is 0 Å². The van der Waals surface area contributed by atoms with Crippen molar-refractivity contribution in [1.82, 2.24) is 15.0 Å². The van der Waals surface area contributed by atoms with Gasteiger partial charge in [-0.05, 0) is 12.8 Å². The molecule has 16 heavy (non-hydrogen) atoms. The number of nitrogens with one attached hydrogen (secondary N) is 1. The van der Waals surface area contributed by atoms with Crippen molar-refractivity contribution >= 4 is 17.8 Å². The molecule has 0 bridgehead atoms. The summed E-state index contributed by atoms with van der Waals surface area (Å²) in [5, 5.41) is 3.21. The molecular formula is C10H20N6. The van der Waals surface area contributed by atoms with Gasteiger partial charge in [0, 0.05) is 20.1 Å². The zero-order valence-corrected chi connectivity index (χ0v) is 10.5. The van der Waals surface area contributed by atoms with Gasteiger partial charge in [-0.25, -0.2) is 0 Å². The van der Waals surface area contributed by atoms with Crippen molar-refractivity contribution in [2.75, 3.05) is 30.0 Å². The number of aromatic nitrogens is 3. The van der Waals surface area contributed by atoms with Gasteiger partial charge < -0.3 is 16.0 Å². The van der Waals surface area contributed by atoms with Crippen LogP contribution in [0.15, 0.2) is 0 Å². The number of nitrogens with two attached hydrogens (primary N) is 1. The smallest absolute Gasteiger partial charge is 0.231 e. The van der Waals surface area contributed by atoms with E-state index in [0.717, 1.165) is 0 Å². The molecule has 6 nitrogen and oxygen atoms in total. The third-order valence-corrected chi connectivity index (χ3v) is 2.40. The minimum atomic E-state index is 0.233. The first kappa shape index (κ1) is 12.5. The van der Waals surface area contributed by atoms with Crippen LogP contribution < -0.4 is 16.0 Å². The second-order valence-corrected chi connectivity index (χ2v) is 4.39. The summed E-state index contributed by atoms with van der Waals surface area (Å²) < 4.78 is 0. The number of nitrogen functional groups attached to an aromatic ring is 1. The highest BCUT2D eigenvalue weighted by Crippen LogP contribution is 2.12. The molecule has 0 aliphatic heterocycles. The van der Waals surface area contributed by atoms with Crippen LogP contribution in [0.3, 0.4) is 0 Å². The first-order chi connectivity index (χ1) is 7.40. The van der Waals surface area contributed by atoms with Crippen LogP contribution in [0.1, 0.15) is 20.8 Å². The number of hydrogen-bond donors (Lipinski definition) is 2. The summed E-state index contributed by atoms with van der Waals surface area (Å²) in [5.74, 6) is 1.82. The Morgan fingerprint density at radius 1 is 1.12 bits per heavy atom. The lowest BCUT2D eigenvalue weighted by Crippen LogP contribution is -2.24. The Morgan fingerprint density at radius 2 is 1.75 bits per heavy atom. The highest BCUT2D eigenvalue weighted by Gasteiger charge is 2.11. The Hall–Kier alpha value is -1.59. The van der Waals surface area contributed by atoms with Crippen molar-refractivity contribution in [2.24, 2.45) is 5.92 Å². The maximum absolute atomic E-state index is 5.62. The first-order valence-corrected chi connectivity index (χ1v) is 5.35. The van der Waals surface area contributed by atoms with Crippen molar-refractivity contribution in [2.45, 2.75) is 26.8 Å². The Balaban J connectivity index is 2.88. The van der Waals surface area contributed by atoms with E-state index in [1.54, 1.807) is 4.90 Å². The molecule has 0 saturated carbocycles. The van der Waals surface area contributed by atoms with Gasteiger partial charge in [0.15, 0.2) is 0 Å². The summed E-state index contributed by atoms with van der Waals surface area (Å²) in [5.41, 5.74) is 5.62. The third kappa shape index (κ3) is 3.22. The monoisotopic (exact) mass is 224 g/mol. The molecule has 0 amide bonds. The Kier molecular flexibility index (Phi) is 3.87. The van der Waals surface area contributed by atoms with Crippen LogP contribution in [-0.2, 0) is 0 Å². The van der Waals surface area contributed by atoms with E-state index in [9.17, 15) is 0 Å². The number of nitrogens with zero attached hydrogens (tertiary/aromatic N) is 4. The van der Waals surface area contributed by atoms with Gasteiger partial charge in [0.05, 0.1) is 0 Å². The molecule has 6 heteroatoms. The Bertz CT molecular complexity index is 349. The largest absolute Gasteiger partial charge is 0.368 e. The molecule has 0 radical (unpaired) electrons. The Morgan fingerprint density at radius 3 is 2.25 bits per heavy atom. The van der Waals surface area contributed by atoms with E-state index >= 15 is 0 Å². The third-order valence-electron chi connectivity index (χ3n) is 2.40. The molecule has 0 aromatic carbocycles. The van der Waals surface area contributed by atoms with E-state index in [1.807, 2.05) is 14.1 Å². The van der Waals surface area contributed by atoms with Crippen LogP contribution in [-0.4, -0.2) is 35.1 Å². The molecule has 1 aromatic heterocycles. The summed E-state index contributed by atoms with van der Waals surface area (Å²) in [4.78, 5) is 14.1. The fraction of sp³-hybridized carbons (Fsp3) is 0.700.